The van der Waals surface area contributed by atoms with Crippen molar-refractivity contribution in [1.82, 2.24) is 4.72 Å². The molecule has 0 aliphatic carbocycles. The Morgan fingerprint density at radius 2 is 2.06 bits per heavy atom. The molecule has 0 saturated carbocycles. The lowest BCUT2D eigenvalue weighted by Crippen LogP contribution is -2.39. The van der Waals surface area contributed by atoms with E-state index in [0.717, 1.165) is 5.56 Å². The standard InChI is InChI=1S/C12H18N2O3S/c1-9-12(6-7-17-9)14-18(15,16)11-4-2-10(8-13)3-5-11/h2-5,9,12,14H,6-8,13H2,1H3. The Morgan fingerprint density at radius 3 is 2.56 bits per heavy atom. The van der Waals surface area contributed by atoms with Gasteiger partial charge in [-0.05, 0) is 31.0 Å². The molecule has 1 aromatic carbocycles. The Bertz CT molecular complexity index is 499. The van der Waals surface area contributed by atoms with E-state index in [4.69, 9.17) is 10.5 Å². The molecule has 2 unspecified atom stereocenters. The number of nitrogens with two attached hydrogens (primary N) is 1. The number of sulfonamides is 1. The van der Waals surface area contributed by atoms with E-state index in [9.17, 15) is 8.42 Å². The van der Waals surface area contributed by atoms with Crippen LogP contribution >= 0.6 is 0 Å². The van der Waals surface area contributed by atoms with Crippen molar-refractivity contribution in [1.29, 1.82) is 0 Å². The lowest BCUT2D eigenvalue weighted by Gasteiger charge is -2.16. The molecule has 0 amide bonds. The van der Waals surface area contributed by atoms with Crippen molar-refractivity contribution in [3.63, 3.8) is 0 Å². The first kappa shape index (κ1) is 13.5. The average Bonchev–Trinajstić information content (AvgIpc) is 2.74. The molecule has 1 fully saturated rings. The fourth-order valence-corrected chi connectivity index (χ4v) is 3.30. The molecule has 6 heteroatoms. The second-order valence-electron chi connectivity index (χ2n) is 4.44. The molecular formula is C12H18N2O3S. The monoisotopic (exact) mass is 270 g/mol. The Morgan fingerprint density at radius 1 is 1.39 bits per heavy atom. The van der Waals surface area contributed by atoms with E-state index in [1.54, 1.807) is 24.3 Å². The van der Waals surface area contributed by atoms with Crippen molar-refractivity contribution in [2.75, 3.05) is 6.61 Å². The van der Waals surface area contributed by atoms with Crippen molar-refractivity contribution in [3.8, 4) is 0 Å². The van der Waals surface area contributed by atoms with Gasteiger partial charge >= 0.3 is 0 Å². The number of rotatable bonds is 4. The zero-order valence-corrected chi connectivity index (χ0v) is 11.1. The van der Waals surface area contributed by atoms with Gasteiger partial charge in [0, 0.05) is 13.2 Å². The second kappa shape index (κ2) is 5.36. The highest BCUT2D eigenvalue weighted by atomic mass is 32.2. The highest BCUT2D eigenvalue weighted by molar-refractivity contribution is 7.89. The molecular weight excluding hydrogens is 252 g/mol. The Labute approximate surface area is 107 Å². The van der Waals surface area contributed by atoms with Crippen molar-refractivity contribution in [3.05, 3.63) is 29.8 Å². The van der Waals surface area contributed by atoms with Crippen molar-refractivity contribution < 1.29 is 13.2 Å². The van der Waals surface area contributed by atoms with Crippen LogP contribution < -0.4 is 10.5 Å². The van der Waals surface area contributed by atoms with Crippen molar-refractivity contribution in [2.24, 2.45) is 5.73 Å². The molecule has 0 spiro atoms. The fourth-order valence-electron chi connectivity index (χ4n) is 1.96. The highest BCUT2D eigenvalue weighted by Crippen LogP contribution is 2.17. The zero-order valence-electron chi connectivity index (χ0n) is 10.3. The van der Waals surface area contributed by atoms with E-state index in [-0.39, 0.29) is 17.0 Å². The molecule has 2 rings (SSSR count). The first-order valence-corrected chi connectivity index (χ1v) is 7.44. The maximum absolute atomic E-state index is 12.1. The zero-order chi connectivity index (χ0) is 13.2. The largest absolute Gasteiger partial charge is 0.377 e. The summed E-state index contributed by atoms with van der Waals surface area (Å²) in [5, 5.41) is 0. The molecule has 2 atom stereocenters. The average molecular weight is 270 g/mol. The summed E-state index contributed by atoms with van der Waals surface area (Å²) in [6, 6.07) is 6.45. The summed E-state index contributed by atoms with van der Waals surface area (Å²) in [7, 11) is -3.47. The third-order valence-electron chi connectivity index (χ3n) is 3.15. The van der Waals surface area contributed by atoms with E-state index < -0.39 is 10.0 Å². The minimum absolute atomic E-state index is 0.0805. The first-order valence-electron chi connectivity index (χ1n) is 5.96. The van der Waals surface area contributed by atoms with E-state index in [0.29, 0.717) is 19.6 Å². The van der Waals surface area contributed by atoms with E-state index in [1.807, 2.05) is 6.92 Å². The van der Waals surface area contributed by atoms with Gasteiger partial charge in [0.25, 0.3) is 0 Å². The van der Waals surface area contributed by atoms with Gasteiger partial charge in [0.05, 0.1) is 17.0 Å². The van der Waals surface area contributed by atoms with Crippen LogP contribution in [-0.2, 0) is 21.3 Å². The van der Waals surface area contributed by atoms with Crippen molar-refractivity contribution in [2.45, 2.75) is 36.9 Å². The maximum Gasteiger partial charge on any atom is 0.240 e. The quantitative estimate of drug-likeness (QED) is 0.839. The summed E-state index contributed by atoms with van der Waals surface area (Å²) < 4.78 is 32.3. The first-order chi connectivity index (χ1) is 8.53. The van der Waals surface area contributed by atoms with Crippen LogP contribution in [0, 0.1) is 0 Å². The van der Waals surface area contributed by atoms with Gasteiger partial charge in [-0.25, -0.2) is 13.1 Å². The molecule has 1 aromatic rings. The number of hydrogen-bond donors (Lipinski definition) is 2. The molecule has 5 nitrogen and oxygen atoms in total. The number of hydrogen-bond acceptors (Lipinski definition) is 4. The highest BCUT2D eigenvalue weighted by Gasteiger charge is 2.29. The molecule has 0 aromatic heterocycles. The molecule has 1 heterocycles. The van der Waals surface area contributed by atoms with Gasteiger partial charge in [0.2, 0.25) is 10.0 Å². The van der Waals surface area contributed by atoms with Crippen LogP contribution in [0.5, 0.6) is 0 Å². The van der Waals surface area contributed by atoms with Gasteiger partial charge in [-0.3, -0.25) is 0 Å². The van der Waals surface area contributed by atoms with Gasteiger partial charge in [0.15, 0.2) is 0 Å². The predicted octanol–water partition coefficient (Wildman–Crippen LogP) is 0.601. The molecule has 18 heavy (non-hydrogen) atoms. The fraction of sp³-hybridized carbons (Fsp3) is 0.500. The van der Waals surface area contributed by atoms with Crippen LogP contribution in [0.4, 0.5) is 0 Å². The lowest BCUT2D eigenvalue weighted by molar-refractivity contribution is 0.117. The van der Waals surface area contributed by atoms with Gasteiger partial charge in [-0.1, -0.05) is 12.1 Å². The van der Waals surface area contributed by atoms with Gasteiger partial charge in [-0.2, -0.15) is 0 Å². The number of ether oxygens (including phenoxy) is 1. The number of benzene rings is 1. The SMILES string of the molecule is CC1OCCC1NS(=O)(=O)c1ccc(CN)cc1. The van der Waals surface area contributed by atoms with Crippen LogP contribution in [0.3, 0.4) is 0 Å². The molecule has 0 radical (unpaired) electrons. The van der Waals surface area contributed by atoms with E-state index >= 15 is 0 Å². The summed E-state index contributed by atoms with van der Waals surface area (Å²) in [5.74, 6) is 0. The summed E-state index contributed by atoms with van der Waals surface area (Å²) in [5.41, 5.74) is 6.39. The van der Waals surface area contributed by atoms with Gasteiger partial charge in [-0.15, -0.1) is 0 Å². The summed E-state index contributed by atoms with van der Waals surface area (Å²) in [6.45, 7) is 2.87. The summed E-state index contributed by atoms with van der Waals surface area (Å²) in [4.78, 5) is 0.263. The molecule has 1 aliphatic rings. The molecule has 1 saturated heterocycles. The summed E-state index contributed by atoms with van der Waals surface area (Å²) in [6.07, 6.45) is 0.629. The lowest BCUT2D eigenvalue weighted by atomic mass is 10.2. The van der Waals surface area contributed by atoms with Crippen LogP contribution in [0.2, 0.25) is 0 Å². The topological polar surface area (TPSA) is 81.4 Å². The number of nitrogens with one attached hydrogen (secondary N) is 1. The second-order valence-corrected chi connectivity index (χ2v) is 6.15. The third kappa shape index (κ3) is 2.89. The van der Waals surface area contributed by atoms with E-state index in [2.05, 4.69) is 4.72 Å². The van der Waals surface area contributed by atoms with Crippen LogP contribution in [-0.4, -0.2) is 27.2 Å². The molecule has 100 valence electrons. The van der Waals surface area contributed by atoms with Crippen LogP contribution in [0.25, 0.3) is 0 Å². The molecule has 0 bridgehead atoms. The van der Waals surface area contributed by atoms with Crippen molar-refractivity contribution >= 4 is 10.0 Å². The predicted molar refractivity (Wildman–Crippen MR) is 68.5 cm³/mol. The van der Waals surface area contributed by atoms with Gasteiger partial charge in [0.1, 0.15) is 0 Å². The summed E-state index contributed by atoms with van der Waals surface area (Å²) >= 11 is 0. The molecule has 3 N–H and O–H groups in total. The normalized spacial score (nSPS) is 24.3. The minimum atomic E-state index is -3.47. The Hall–Kier alpha value is -0.950. The third-order valence-corrected chi connectivity index (χ3v) is 4.66. The maximum atomic E-state index is 12.1. The minimum Gasteiger partial charge on any atom is -0.377 e. The molecule has 1 aliphatic heterocycles. The Balaban J connectivity index is 2.14. The van der Waals surface area contributed by atoms with E-state index in [1.165, 1.54) is 0 Å². The van der Waals surface area contributed by atoms with Crippen LogP contribution in [0.15, 0.2) is 29.2 Å². The smallest absolute Gasteiger partial charge is 0.240 e. The van der Waals surface area contributed by atoms with Gasteiger partial charge < -0.3 is 10.5 Å². The van der Waals surface area contributed by atoms with Crippen LogP contribution in [0.1, 0.15) is 18.9 Å². The Kier molecular flexibility index (Phi) is 4.01.